The van der Waals surface area contributed by atoms with Crippen LogP contribution < -0.4 is 5.32 Å². The Hall–Kier alpha value is -0.830. The minimum Gasteiger partial charge on any atom is -0.384 e. The molecule has 0 aromatic heterocycles. The van der Waals surface area contributed by atoms with Gasteiger partial charge >= 0.3 is 0 Å². The fourth-order valence-electron chi connectivity index (χ4n) is 1.15. The molecule has 0 fully saturated rings. The summed E-state index contributed by atoms with van der Waals surface area (Å²) >= 11 is 3.15. The van der Waals surface area contributed by atoms with Gasteiger partial charge in [-0.15, -0.1) is 6.58 Å². The Morgan fingerprint density at radius 2 is 2.29 bits per heavy atom. The molecular weight excluding hydrogens is 245 g/mol. The molecule has 0 unspecified atom stereocenters. The molecule has 1 N–H and O–H groups in total. The maximum absolute atomic E-state index is 13.1. The first-order valence-electron chi connectivity index (χ1n) is 4.45. The van der Waals surface area contributed by atoms with Crippen molar-refractivity contribution in [3.8, 4) is 0 Å². The van der Waals surface area contributed by atoms with Gasteiger partial charge in [-0.05, 0) is 47.0 Å². The molecule has 1 rings (SSSR count). The molecule has 0 radical (unpaired) electrons. The first-order valence-corrected chi connectivity index (χ1v) is 5.25. The van der Waals surface area contributed by atoms with Gasteiger partial charge in [-0.2, -0.15) is 0 Å². The van der Waals surface area contributed by atoms with E-state index < -0.39 is 0 Å². The fraction of sp³-hybridized carbons (Fsp3) is 0.273. The van der Waals surface area contributed by atoms with E-state index >= 15 is 0 Å². The summed E-state index contributed by atoms with van der Waals surface area (Å²) in [5, 5.41) is 3.21. The van der Waals surface area contributed by atoms with Crippen molar-refractivity contribution in [3.63, 3.8) is 0 Å². The molecular formula is C11H13BrFN. The quantitative estimate of drug-likeness (QED) is 0.638. The summed E-state index contributed by atoms with van der Waals surface area (Å²) < 4.78 is 13.5. The highest BCUT2D eigenvalue weighted by Crippen LogP contribution is 2.24. The average molecular weight is 258 g/mol. The molecule has 76 valence electrons. The van der Waals surface area contributed by atoms with E-state index in [9.17, 15) is 4.39 Å². The van der Waals surface area contributed by atoms with Gasteiger partial charge in [-0.1, -0.05) is 6.08 Å². The number of anilines is 1. The lowest BCUT2D eigenvalue weighted by molar-refractivity contribution is 0.620. The molecule has 0 heterocycles. The summed E-state index contributed by atoms with van der Waals surface area (Å²) in [6.07, 6.45) is 2.75. The van der Waals surface area contributed by atoms with Gasteiger partial charge in [0.05, 0.1) is 4.47 Å². The Morgan fingerprint density at radius 1 is 1.57 bits per heavy atom. The number of halogens is 2. The molecule has 0 spiro atoms. The molecule has 0 saturated carbocycles. The van der Waals surface area contributed by atoms with Gasteiger partial charge in [-0.3, -0.25) is 0 Å². The van der Waals surface area contributed by atoms with Crippen molar-refractivity contribution in [2.75, 3.05) is 11.9 Å². The van der Waals surface area contributed by atoms with E-state index in [1.165, 1.54) is 6.07 Å². The summed E-state index contributed by atoms with van der Waals surface area (Å²) in [6, 6.07) is 3.27. The average Bonchev–Trinajstić information content (AvgIpc) is 2.14. The second-order valence-electron chi connectivity index (χ2n) is 3.09. The van der Waals surface area contributed by atoms with Crippen LogP contribution in [-0.2, 0) is 0 Å². The predicted octanol–water partition coefficient (Wildman–Crippen LogP) is 3.88. The molecule has 1 aromatic carbocycles. The summed E-state index contributed by atoms with van der Waals surface area (Å²) in [6.45, 7) is 6.34. The molecule has 1 aromatic rings. The maximum atomic E-state index is 13.1. The van der Waals surface area contributed by atoms with Crippen LogP contribution in [0.2, 0.25) is 0 Å². The van der Waals surface area contributed by atoms with Crippen molar-refractivity contribution in [1.29, 1.82) is 0 Å². The molecule has 0 aliphatic carbocycles. The summed E-state index contributed by atoms with van der Waals surface area (Å²) in [7, 11) is 0. The molecule has 3 heteroatoms. The molecule has 0 aliphatic heterocycles. The minimum atomic E-state index is -0.225. The largest absolute Gasteiger partial charge is 0.384 e. The van der Waals surface area contributed by atoms with Crippen molar-refractivity contribution < 1.29 is 4.39 Å². The second kappa shape index (κ2) is 5.15. The zero-order valence-corrected chi connectivity index (χ0v) is 9.70. The maximum Gasteiger partial charge on any atom is 0.137 e. The molecule has 14 heavy (non-hydrogen) atoms. The molecule has 0 aliphatic rings. The van der Waals surface area contributed by atoms with Crippen LogP contribution in [-0.4, -0.2) is 6.54 Å². The lowest BCUT2D eigenvalue weighted by Crippen LogP contribution is -2.02. The summed E-state index contributed by atoms with van der Waals surface area (Å²) in [4.78, 5) is 0. The SMILES string of the molecule is C=CCCNc1cc(Br)c(F)cc1C. The topological polar surface area (TPSA) is 12.0 Å². The first-order chi connectivity index (χ1) is 6.65. The normalized spacial score (nSPS) is 9.93. The van der Waals surface area contributed by atoms with Crippen LogP contribution in [0.4, 0.5) is 10.1 Å². The molecule has 0 saturated heterocycles. The summed E-state index contributed by atoms with van der Waals surface area (Å²) in [5.41, 5.74) is 1.87. The third kappa shape index (κ3) is 2.84. The number of hydrogen-bond donors (Lipinski definition) is 1. The number of benzene rings is 1. The zero-order chi connectivity index (χ0) is 10.6. The third-order valence-corrected chi connectivity index (χ3v) is 2.54. The van der Waals surface area contributed by atoms with Gasteiger partial charge in [-0.25, -0.2) is 4.39 Å². The smallest absolute Gasteiger partial charge is 0.137 e. The monoisotopic (exact) mass is 257 g/mol. The number of rotatable bonds is 4. The van der Waals surface area contributed by atoms with E-state index in [2.05, 4.69) is 27.8 Å². The Balaban J connectivity index is 2.76. The Labute approximate surface area is 92.1 Å². The Morgan fingerprint density at radius 3 is 2.93 bits per heavy atom. The highest BCUT2D eigenvalue weighted by molar-refractivity contribution is 9.10. The second-order valence-corrected chi connectivity index (χ2v) is 3.94. The minimum absolute atomic E-state index is 0.225. The van der Waals surface area contributed by atoms with Crippen LogP contribution in [0.1, 0.15) is 12.0 Å². The van der Waals surface area contributed by atoms with Crippen molar-refractivity contribution in [1.82, 2.24) is 0 Å². The molecule has 1 nitrogen and oxygen atoms in total. The highest BCUT2D eigenvalue weighted by Gasteiger charge is 2.03. The highest BCUT2D eigenvalue weighted by atomic mass is 79.9. The van der Waals surface area contributed by atoms with Gasteiger partial charge in [0.15, 0.2) is 0 Å². The van der Waals surface area contributed by atoms with E-state index in [4.69, 9.17) is 0 Å². The van der Waals surface area contributed by atoms with Crippen LogP contribution >= 0.6 is 15.9 Å². The Bertz CT molecular complexity index is 336. The van der Waals surface area contributed by atoms with Crippen molar-refractivity contribution in [2.45, 2.75) is 13.3 Å². The Kier molecular flexibility index (Phi) is 4.14. The number of hydrogen-bond acceptors (Lipinski definition) is 1. The van der Waals surface area contributed by atoms with E-state index in [0.29, 0.717) is 4.47 Å². The van der Waals surface area contributed by atoms with Gasteiger partial charge in [0.2, 0.25) is 0 Å². The van der Waals surface area contributed by atoms with Gasteiger partial charge in [0, 0.05) is 12.2 Å². The molecule has 0 atom stereocenters. The molecule has 0 amide bonds. The van der Waals surface area contributed by atoms with Crippen LogP contribution in [0.5, 0.6) is 0 Å². The van der Waals surface area contributed by atoms with E-state index in [-0.39, 0.29) is 5.82 Å². The predicted molar refractivity (Wildman–Crippen MR) is 62.1 cm³/mol. The standard InChI is InChI=1S/C11H13BrFN/c1-3-4-5-14-11-7-9(12)10(13)6-8(11)2/h3,6-7,14H,1,4-5H2,2H3. The molecule has 0 bridgehead atoms. The van der Waals surface area contributed by atoms with Gasteiger partial charge in [0.25, 0.3) is 0 Å². The van der Waals surface area contributed by atoms with Crippen molar-refractivity contribution >= 4 is 21.6 Å². The summed E-state index contributed by atoms with van der Waals surface area (Å²) in [5.74, 6) is -0.225. The van der Waals surface area contributed by atoms with E-state index in [1.807, 2.05) is 13.0 Å². The van der Waals surface area contributed by atoms with Gasteiger partial charge in [0.1, 0.15) is 5.82 Å². The third-order valence-electron chi connectivity index (χ3n) is 1.93. The van der Waals surface area contributed by atoms with Crippen LogP contribution in [0.15, 0.2) is 29.3 Å². The van der Waals surface area contributed by atoms with Crippen molar-refractivity contribution in [3.05, 3.63) is 40.6 Å². The van der Waals surface area contributed by atoms with Gasteiger partial charge < -0.3 is 5.32 Å². The fourth-order valence-corrected chi connectivity index (χ4v) is 1.49. The van der Waals surface area contributed by atoms with E-state index in [1.54, 1.807) is 6.07 Å². The number of aryl methyl sites for hydroxylation is 1. The lowest BCUT2D eigenvalue weighted by atomic mass is 10.2. The first kappa shape index (κ1) is 11.2. The van der Waals surface area contributed by atoms with E-state index in [0.717, 1.165) is 24.2 Å². The number of nitrogens with one attached hydrogen (secondary N) is 1. The van der Waals surface area contributed by atoms with Crippen LogP contribution in [0.25, 0.3) is 0 Å². The zero-order valence-electron chi connectivity index (χ0n) is 8.11. The van der Waals surface area contributed by atoms with Crippen LogP contribution in [0.3, 0.4) is 0 Å². The lowest BCUT2D eigenvalue weighted by Gasteiger charge is -2.09. The van der Waals surface area contributed by atoms with Crippen LogP contribution in [0, 0.1) is 12.7 Å². The van der Waals surface area contributed by atoms with Crippen molar-refractivity contribution in [2.24, 2.45) is 0 Å².